The van der Waals surface area contributed by atoms with E-state index in [0.717, 1.165) is 20.6 Å². The lowest BCUT2D eigenvalue weighted by molar-refractivity contribution is 1.02. The van der Waals surface area contributed by atoms with E-state index in [1.165, 1.54) is 16.0 Å². The number of benzene rings is 1. The molecule has 0 unspecified atom stereocenters. The van der Waals surface area contributed by atoms with Crippen molar-refractivity contribution in [1.82, 2.24) is 15.2 Å². The van der Waals surface area contributed by atoms with Crippen LogP contribution in [0.3, 0.4) is 0 Å². The van der Waals surface area contributed by atoms with Crippen molar-refractivity contribution in [3.05, 3.63) is 29.3 Å². The van der Waals surface area contributed by atoms with Gasteiger partial charge in [0.2, 0.25) is 5.13 Å². The van der Waals surface area contributed by atoms with Crippen molar-refractivity contribution in [1.29, 1.82) is 0 Å². The van der Waals surface area contributed by atoms with E-state index >= 15 is 0 Å². The second-order valence-electron chi connectivity index (χ2n) is 3.27. The number of anilines is 1. The average molecular weight is 280 g/mol. The molecule has 0 aliphatic heterocycles. The SMILES string of the molecule is Nc1nnc(SCc2nc3ccccc3s2)s1. The Kier molecular flexibility index (Phi) is 2.96. The summed E-state index contributed by atoms with van der Waals surface area (Å²) in [6, 6.07) is 8.15. The molecule has 0 fully saturated rings. The molecule has 0 atom stereocenters. The number of nitrogen functional groups attached to an aromatic ring is 1. The van der Waals surface area contributed by atoms with Crippen LogP contribution >= 0.6 is 34.4 Å². The molecule has 0 saturated carbocycles. The average Bonchev–Trinajstić information content (AvgIpc) is 2.91. The van der Waals surface area contributed by atoms with E-state index in [1.807, 2.05) is 18.2 Å². The van der Waals surface area contributed by atoms with E-state index in [-0.39, 0.29) is 0 Å². The Bertz CT molecular complexity index is 613. The molecule has 86 valence electrons. The number of hydrogen-bond donors (Lipinski definition) is 1. The summed E-state index contributed by atoms with van der Waals surface area (Å²) in [6.45, 7) is 0. The van der Waals surface area contributed by atoms with Crippen molar-refractivity contribution in [3.8, 4) is 0 Å². The van der Waals surface area contributed by atoms with Crippen molar-refractivity contribution in [2.45, 2.75) is 10.1 Å². The zero-order valence-electron chi connectivity index (χ0n) is 8.66. The third-order valence-corrected chi connectivity index (χ3v) is 5.20. The molecule has 2 heterocycles. The molecule has 0 amide bonds. The Balaban J connectivity index is 1.76. The van der Waals surface area contributed by atoms with Crippen molar-refractivity contribution >= 4 is 49.8 Å². The van der Waals surface area contributed by atoms with Crippen molar-refractivity contribution in [2.24, 2.45) is 0 Å². The molecule has 0 aliphatic rings. The fourth-order valence-electron chi connectivity index (χ4n) is 1.38. The molecule has 0 bridgehead atoms. The monoisotopic (exact) mass is 280 g/mol. The molecule has 0 radical (unpaired) electrons. The standard InChI is InChI=1S/C10H8N4S3/c11-9-13-14-10(17-9)15-5-8-12-6-3-1-2-4-7(6)16-8/h1-4H,5H2,(H2,11,13). The van der Waals surface area contributed by atoms with E-state index in [1.54, 1.807) is 23.1 Å². The molecular formula is C10H8N4S3. The van der Waals surface area contributed by atoms with E-state index in [0.29, 0.717) is 5.13 Å². The molecule has 0 spiro atoms. The zero-order chi connectivity index (χ0) is 11.7. The van der Waals surface area contributed by atoms with Crippen LogP contribution in [0.5, 0.6) is 0 Å². The molecule has 4 nitrogen and oxygen atoms in total. The molecule has 3 rings (SSSR count). The Hall–Kier alpha value is -1.18. The quantitative estimate of drug-likeness (QED) is 0.747. The lowest BCUT2D eigenvalue weighted by Gasteiger charge is -1.90. The van der Waals surface area contributed by atoms with Gasteiger partial charge in [0.15, 0.2) is 4.34 Å². The molecule has 1 aromatic carbocycles. The lowest BCUT2D eigenvalue weighted by Crippen LogP contribution is -1.80. The normalized spacial score (nSPS) is 11.1. The summed E-state index contributed by atoms with van der Waals surface area (Å²) in [6.07, 6.45) is 0. The minimum atomic E-state index is 0.511. The smallest absolute Gasteiger partial charge is 0.203 e. The number of fused-ring (bicyclic) bond motifs is 1. The van der Waals surface area contributed by atoms with Gasteiger partial charge in [-0.1, -0.05) is 35.2 Å². The van der Waals surface area contributed by atoms with Crippen LogP contribution in [0.1, 0.15) is 5.01 Å². The van der Waals surface area contributed by atoms with Crippen LogP contribution in [0.2, 0.25) is 0 Å². The minimum Gasteiger partial charge on any atom is -0.374 e. The van der Waals surface area contributed by atoms with E-state index in [2.05, 4.69) is 21.2 Å². The first-order valence-electron chi connectivity index (χ1n) is 4.87. The van der Waals surface area contributed by atoms with E-state index < -0.39 is 0 Å². The Morgan fingerprint density at radius 2 is 2.06 bits per heavy atom. The first-order valence-corrected chi connectivity index (χ1v) is 7.49. The Labute approximate surface area is 110 Å². The van der Waals surface area contributed by atoms with Gasteiger partial charge in [-0.25, -0.2) is 4.98 Å². The summed E-state index contributed by atoms with van der Waals surface area (Å²) in [5, 5.41) is 9.36. The highest BCUT2D eigenvalue weighted by Crippen LogP contribution is 2.30. The number of nitrogens with two attached hydrogens (primary N) is 1. The molecule has 3 aromatic rings. The summed E-state index contributed by atoms with van der Waals surface area (Å²) < 4.78 is 2.11. The van der Waals surface area contributed by atoms with Crippen LogP contribution in [-0.2, 0) is 5.75 Å². The van der Waals surface area contributed by atoms with E-state index in [4.69, 9.17) is 5.73 Å². The number of thiazole rings is 1. The van der Waals surface area contributed by atoms with Gasteiger partial charge in [-0.3, -0.25) is 0 Å². The van der Waals surface area contributed by atoms with Gasteiger partial charge in [-0.2, -0.15) is 0 Å². The highest BCUT2D eigenvalue weighted by atomic mass is 32.2. The van der Waals surface area contributed by atoms with Gasteiger partial charge in [0.1, 0.15) is 5.01 Å². The molecule has 0 aliphatic carbocycles. The second kappa shape index (κ2) is 4.59. The summed E-state index contributed by atoms with van der Waals surface area (Å²) >= 11 is 4.75. The topological polar surface area (TPSA) is 64.7 Å². The highest BCUT2D eigenvalue weighted by Gasteiger charge is 2.06. The third kappa shape index (κ3) is 2.41. The van der Waals surface area contributed by atoms with Gasteiger partial charge < -0.3 is 5.73 Å². The summed E-state index contributed by atoms with van der Waals surface area (Å²) in [7, 11) is 0. The highest BCUT2D eigenvalue weighted by molar-refractivity contribution is 8.00. The Morgan fingerprint density at radius 1 is 1.18 bits per heavy atom. The molecule has 2 aromatic heterocycles. The van der Waals surface area contributed by atoms with Gasteiger partial charge in [0.25, 0.3) is 0 Å². The maximum atomic E-state index is 5.53. The maximum absolute atomic E-state index is 5.53. The summed E-state index contributed by atoms with van der Waals surface area (Å²) in [5.41, 5.74) is 6.59. The van der Waals surface area contributed by atoms with Gasteiger partial charge >= 0.3 is 0 Å². The van der Waals surface area contributed by atoms with Crippen LogP contribution in [0.25, 0.3) is 10.2 Å². The number of aromatic nitrogens is 3. The fraction of sp³-hybridized carbons (Fsp3) is 0.100. The summed E-state index contributed by atoms with van der Waals surface area (Å²) in [4.78, 5) is 4.56. The van der Waals surface area contributed by atoms with Crippen molar-refractivity contribution < 1.29 is 0 Å². The molecular weight excluding hydrogens is 272 g/mol. The fourth-order valence-corrected chi connectivity index (χ4v) is 3.98. The molecule has 2 N–H and O–H groups in total. The first-order chi connectivity index (χ1) is 8.31. The predicted molar refractivity (Wildman–Crippen MR) is 73.5 cm³/mol. The lowest BCUT2D eigenvalue weighted by atomic mass is 10.3. The van der Waals surface area contributed by atoms with Gasteiger partial charge in [0, 0.05) is 0 Å². The minimum absolute atomic E-state index is 0.511. The number of para-hydroxylation sites is 1. The van der Waals surface area contributed by atoms with Gasteiger partial charge in [-0.15, -0.1) is 21.5 Å². The summed E-state index contributed by atoms with van der Waals surface area (Å²) in [5.74, 6) is 0.813. The molecule has 7 heteroatoms. The van der Waals surface area contributed by atoms with Crippen molar-refractivity contribution in [2.75, 3.05) is 5.73 Å². The van der Waals surface area contributed by atoms with Crippen LogP contribution in [-0.4, -0.2) is 15.2 Å². The van der Waals surface area contributed by atoms with Crippen LogP contribution < -0.4 is 5.73 Å². The van der Waals surface area contributed by atoms with Crippen molar-refractivity contribution in [3.63, 3.8) is 0 Å². The molecule has 0 saturated heterocycles. The largest absolute Gasteiger partial charge is 0.374 e. The number of rotatable bonds is 3. The van der Waals surface area contributed by atoms with Crippen LogP contribution in [0, 0.1) is 0 Å². The number of hydrogen-bond acceptors (Lipinski definition) is 7. The van der Waals surface area contributed by atoms with Gasteiger partial charge in [-0.05, 0) is 12.1 Å². The van der Waals surface area contributed by atoms with Crippen LogP contribution in [0.15, 0.2) is 28.6 Å². The third-order valence-electron chi connectivity index (χ3n) is 2.08. The number of thioether (sulfide) groups is 1. The molecule has 17 heavy (non-hydrogen) atoms. The van der Waals surface area contributed by atoms with E-state index in [9.17, 15) is 0 Å². The second-order valence-corrected chi connectivity index (χ2v) is 6.62. The first kappa shape index (κ1) is 10.9. The Morgan fingerprint density at radius 3 is 2.82 bits per heavy atom. The zero-order valence-corrected chi connectivity index (χ0v) is 11.1. The predicted octanol–water partition coefficient (Wildman–Crippen LogP) is 3.02. The van der Waals surface area contributed by atoms with Gasteiger partial charge in [0.05, 0.1) is 16.0 Å². The number of nitrogens with zero attached hydrogens (tertiary/aromatic N) is 3. The maximum Gasteiger partial charge on any atom is 0.203 e. The van der Waals surface area contributed by atoms with Crippen LogP contribution in [0.4, 0.5) is 5.13 Å².